The zero-order valence-electron chi connectivity index (χ0n) is 15.5. The van der Waals surface area contributed by atoms with Crippen molar-refractivity contribution in [2.45, 2.75) is 39.7 Å². The van der Waals surface area contributed by atoms with Crippen LogP contribution in [-0.2, 0) is 0 Å². The lowest BCUT2D eigenvalue weighted by Gasteiger charge is -2.10. The molecule has 2 aromatic rings. The number of hydrogen-bond donors (Lipinski definition) is 2. The molecule has 26 heavy (non-hydrogen) atoms. The first-order valence-electron chi connectivity index (χ1n) is 8.94. The van der Waals surface area contributed by atoms with Crippen LogP contribution >= 0.6 is 0 Å². The zero-order chi connectivity index (χ0) is 18.9. The molecule has 0 saturated carbocycles. The minimum atomic E-state index is -0.204. The molecule has 2 N–H and O–H groups in total. The van der Waals surface area contributed by atoms with E-state index >= 15 is 0 Å². The molecule has 2 rings (SSSR count). The Morgan fingerprint density at radius 3 is 2.08 bits per heavy atom. The Kier molecular flexibility index (Phi) is 7.21. The van der Waals surface area contributed by atoms with E-state index in [0.29, 0.717) is 23.4 Å². The predicted octanol–water partition coefficient (Wildman–Crippen LogP) is 4.26. The van der Waals surface area contributed by atoms with Gasteiger partial charge in [0.2, 0.25) is 0 Å². The summed E-state index contributed by atoms with van der Waals surface area (Å²) in [4.78, 5) is 24.2. The molecule has 0 saturated heterocycles. The van der Waals surface area contributed by atoms with Crippen molar-refractivity contribution in [1.82, 2.24) is 5.32 Å². The van der Waals surface area contributed by atoms with Gasteiger partial charge in [0, 0.05) is 22.9 Å². The van der Waals surface area contributed by atoms with Crippen LogP contribution in [0.5, 0.6) is 5.75 Å². The highest BCUT2D eigenvalue weighted by Gasteiger charge is 2.09. The lowest BCUT2D eigenvalue weighted by molar-refractivity contribution is 0.0942. The number of unbranched alkanes of at least 4 members (excludes halogenated alkanes) is 1. The van der Waals surface area contributed by atoms with E-state index in [9.17, 15) is 9.59 Å². The molecule has 0 unspecified atom stereocenters. The minimum Gasteiger partial charge on any atom is -0.494 e. The van der Waals surface area contributed by atoms with Gasteiger partial charge in [-0.05, 0) is 68.8 Å². The van der Waals surface area contributed by atoms with E-state index in [0.717, 1.165) is 18.6 Å². The fourth-order valence-electron chi connectivity index (χ4n) is 2.29. The highest BCUT2D eigenvalue weighted by molar-refractivity contribution is 6.04. The van der Waals surface area contributed by atoms with Crippen molar-refractivity contribution >= 4 is 17.5 Å². The second-order valence-electron chi connectivity index (χ2n) is 6.39. The maximum atomic E-state index is 12.3. The Balaban J connectivity index is 1.93. The van der Waals surface area contributed by atoms with E-state index in [1.54, 1.807) is 48.5 Å². The van der Waals surface area contributed by atoms with Gasteiger partial charge in [-0.1, -0.05) is 13.3 Å². The van der Waals surface area contributed by atoms with Crippen molar-refractivity contribution in [3.8, 4) is 5.75 Å². The van der Waals surface area contributed by atoms with Crippen molar-refractivity contribution in [3.05, 3.63) is 59.7 Å². The lowest BCUT2D eigenvalue weighted by Crippen LogP contribution is -2.30. The van der Waals surface area contributed by atoms with Crippen LogP contribution < -0.4 is 15.4 Å². The van der Waals surface area contributed by atoms with E-state index in [4.69, 9.17) is 4.74 Å². The van der Waals surface area contributed by atoms with Crippen LogP contribution in [0.1, 0.15) is 54.3 Å². The second-order valence-corrected chi connectivity index (χ2v) is 6.39. The fourth-order valence-corrected chi connectivity index (χ4v) is 2.29. The number of amides is 2. The van der Waals surface area contributed by atoms with Gasteiger partial charge in [-0.2, -0.15) is 0 Å². The first-order valence-corrected chi connectivity index (χ1v) is 8.94. The van der Waals surface area contributed by atoms with Crippen LogP contribution in [-0.4, -0.2) is 24.5 Å². The molecule has 0 fully saturated rings. The Morgan fingerprint density at radius 1 is 0.923 bits per heavy atom. The van der Waals surface area contributed by atoms with Crippen LogP contribution in [0.2, 0.25) is 0 Å². The van der Waals surface area contributed by atoms with Crippen molar-refractivity contribution in [1.29, 1.82) is 0 Å². The molecule has 0 radical (unpaired) electrons. The van der Waals surface area contributed by atoms with Crippen LogP contribution in [0.15, 0.2) is 48.5 Å². The predicted molar refractivity (Wildman–Crippen MR) is 104 cm³/mol. The summed E-state index contributed by atoms with van der Waals surface area (Å²) >= 11 is 0. The summed E-state index contributed by atoms with van der Waals surface area (Å²) in [7, 11) is 0. The number of anilines is 1. The number of nitrogens with one attached hydrogen (secondary N) is 2. The molecule has 5 heteroatoms. The summed E-state index contributed by atoms with van der Waals surface area (Å²) in [6, 6.07) is 14.0. The molecule has 0 aromatic heterocycles. The molecular weight excluding hydrogens is 328 g/mol. The SMILES string of the molecule is CCCCOc1ccc(C(=O)Nc2ccc(C(=O)NC(C)C)cc2)cc1. The summed E-state index contributed by atoms with van der Waals surface area (Å²) in [5, 5.41) is 5.66. The third-order valence-corrected chi connectivity index (χ3v) is 3.71. The van der Waals surface area contributed by atoms with Crippen molar-refractivity contribution in [3.63, 3.8) is 0 Å². The number of benzene rings is 2. The van der Waals surface area contributed by atoms with E-state index in [1.165, 1.54) is 0 Å². The molecule has 0 aliphatic heterocycles. The third-order valence-electron chi connectivity index (χ3n) is 3.71. The normalized spacial score (nSPS) is 10.5. The number of hydrogen-bond acceptors (Lipinski definition) is 3. The molecule has 2 amide bonds. The Labute approximate surface area is 154 Å². The minimum absolute atomic E-state index is 0.0794. The molecule has 0 bridgehead atoms. The second kappa shape index (κ2) is 9.61. The summed E-state index contributed by atoms with van der Waals surface area (Å²) in [5.41, 5.74) is 1.75. The monoisotopic (exact) mass is 354 g/mol. The van der Waals surface area contributed by atoms with Crippen LogP contribution in [0.3, 0.4) is 0 Å². The average Bonchev–Trinajstić information content (AvgIpc) is 2.62. The van der Waals surface area contributed by atoms with Crippen molar-refractivity contribution in [2.24, 2.45) is 0 Å². The number of carbonyl (C=O) groups excluding carboxylic acids is 2. The largest absolute Gasteiger partial charge is 0.494 e. The standard InChI is InChI=1S/C21H26N2O3/c1-4-5-14-26-19-12-8-17(9-13-19)21(25)23-18-10-6-16(7-11-18)20(24)22-15(2)3/h6-13,15H,4-5,14H2,1-3H3,(H,22,24)(H,23,25). The lowest BCUT2D eigenvalue weighted by atomic mass is 10.1. The van der Waals surface area contributed by atoms with Gasteiger partial charge in [0.1, 0.15) is 5.75 Å². The summed E-state index contributed by atoms with van der Waals surface area (Å²) in [5.74, 6) is 0.427. The quantitative estimate of drug-likeness (QED) is 0.696. The molecule has 0 aliphatic rings. The molecule has 0 aliphatic carbocycles. The maximum absolute atomic E-state index is 12.3. The average molecular weight is 354 g/mol. The first kappa shape index (κ1) is 19.5. The summed E-state index contributed by atoms with van der Waals surface area (Å²) in [6.45, 7) is 6.61. The Bertz CT molecular complexity index is 722. The highest BCUT2D eigenvalue weighted by Crippen LogP contribution is 2.15. The molecule has 0 atom stereocenters. The molecule has 2 aromatic carbocycles. The summed E-state index contributed by atoms with van der Waals surface area (Å²) in [6.07, 6.45) is 2.09. The molecule has 5 nitrogen and oxygen atoms in total. The van der Waals surface area contributed by atoms with E-state index in [2.05, 4.69) is 17.6 Å². The smallest absolute Gasteiger partial charge is 0.255 e. The molecule has 138 valence electrons. The number of carbonyl (C=O) groups is 2. The number of ether oxygens (including phenoxy) is 1. The van der Waals surface area contributed by atoms with Gasteiger partial charge in [-0.3, -0.25) is 9.59 Å². The van der Waals surface area contributed by atoms with E-state index in [1.807, 2.05) is 13.8 Å². The van der Waals surface area contributed by atoms with Gasteiger partial charge >= 0.3 is 0 Å². The van der Waals surface area contributed by atoms with Gasteiger partial charge < -0.3 is 15.4 Å². The first-order chi connectivity index (χ1) is 12.5. The van der Waals surface area contributed by atoms with E-state index in [-0.39, 0.29) is 17.9 Å². The zero-order valence-corrected chi connectivity index (χ0v) is 15.5. The Morgan fingerprint density at radius 2 is 1.50 bits per heavy atom. The Hall–Kier alpha value is -2.82. The van der Waals surface area contributed by atoms with Crippen molar-refractivity contribution in [2.75, 3.05) is 11.9 Å². The van der Waals surface area contributed by atoms with Gasteiger partial charge in [0.05, 0.1) is 6.61 Å². The number of rotatable bonds is 8. The molecule has 0 spiro atoms. The van der Waals surface area contributed by atoms with E-state index < -0.39 is 0 Å². The molecule has 0 heterocycles. The molecular formula is C21H26N2O3. The van der Waals surface area contributed by atoms with Crippen LogP contribution in [0.4, 0.5) is 5.69 Å². The van der Waals surface area contributed by atoms with Crippen LogP contribution in [0.25, 0.3) is 0 Å². The summed E-state index contributed by atoms with van der Waals surface area (Å²) < 4.78 is 5.59. The van der Waals surface area contributed by atoms with Gasteiger partial charge in [0.15, 0.2) is 0 Å². The van der Waals surface area contributed by atoms with Gasteiger partial charge in [-0.15, -0.1) is 0 Å². The third kappa shape index (κ3) is 5.92. The van der Waals surface area contributed by atoms with Gasteiger partial charge in [-0.25, -0.2) is 0 Å². The maximum Gasteiger partial charge on any atom is 0.255 e. The van der Waals surface area contributed by atoms with Gasteiger partial charge in [0.25, 0.3) is 11.8 Å². The highest BCUT2D eigenvalue weighted by atomic mass is 16.5. The topological polar surface area (TPSA) is 67.4 Å². The fraction of sp³-hybridized carbons (Fsp3) is 0.333. The van der Waals surface area contributed by atoms with Crippen molar-refractivity contribution < 1.29 is 14.3 Å². The van der Waals surface area contributed by atoms with Crippen LogP contribution in [0, 0.1) is 0 Å².